The molecule has 0 saturated carbocycles. The second-order valence-electron chi connectivity index (χ2n) is 2.65. The average Bonchev–Trinajstić information content (AvgIpc) is 2.19. The summed E-state index contributed by atoms with van der Waals surface area (Å²) in [5.41, 5.74) is 3.84. The zero-order chi connectivity index (χ0) is 11.6. The maximum absolute atomic E-state index is 13.2. The van der Waals surface area contributed by atoms with Gasteiger partial charge in [-0.05, 0) is 12.1 Å². The number of nitrogens with one attached hydrogen (secondary N) is 1. The van der Waals surface area contributed by atoms with Crippen LogP contribution < -0.4 is 10.5 Å². The summed E-state index contributed by atoms with van der Waals surface area (Å²) in [6.45, 7) is 0. The summed E-state index contributed by atoms with van der Waals surface area (Å²) in [6, 6.07) is 1.77. The Morgan fingerprint density at radius 1 is 1.40 bits per heavy atom. The molecule has 3 N–H and O–H groups in total. The minimum atomic E-state index is -3.83. The van der Waals surface area contributed by atoms with Crippen LogP contribution in [0.2, 0.25) is 0 Å². The summed E-state index contributed by atoms with van der Waals surface area (Å²) in [6.07, 6.45) is 0. The van der Waals surface area contributed by atoms with Crippen molar-refractivity contribution in [3.63, 3.8) is 0 Å². The standard InChI is InChI=1S/C7H7ClF2N2O2S/c8-3-15(13,14)12-5-2-1-4(9)7(11)6(5)10/h1-2,12H,3,11H2. The Kier molecular flexibility index (Phi) is 3.35. The first-order valence-corrected chi connectivity index (χ1v) is 5.86. The number of rotatable bonds is 3. The molecule has 0 atom stereocenters. The molecule has 1 aromatic carbocycles. The van der Waals surface area contributed by atoms with Gasteiger partial charge in [-0.25, -0.2) is 17.2 Å². The van der Waals surface area contributed by atoms with E-state index in [-0.39, 0.29) is 0 Å². The molecule has 0 amide bonds. The summed E-state index contributed by atoms with van der Waals surface area (Å²) in [4.78, 5) is 0. The molecule has 84 valence electrons. The van der Waals surface area contributed by atoms with E-state index in [0.717, 1.165) is 12.1 Å². The topological polar surface area (TPSA) is 72.2 Å². The van der Waals surface area contributed by atoms with Crippen LogP contribution in [0.1, 0.15) is 0 Å². The third-order valence-electron chi connectivity index (χ3n) is 1.54. The van der Waals surface area contributed by atoms with Crippen LogP contribution in [0.25, 0.3) is 0 Å². The molecule has 0 aliphatic carbocycles. The van der Waals surface area contributed by atoms with E-state index in [1.54, 1.807) is 0 Å². The van der Waals surface area contributed by atoms with Gasteiger partial charge in [-0.3, -0.25) is 4.72 Å². The quantitative estimate of drug-likeness (QED) is 0.636. The lowest BCUT2D eigenvalue weighted by atomic mass is 10.2. The lowest BCUT2D eigenvalue weighted by molar-refractivity contribution is 0.590. The normalized spacial score (nSPS) is 11.4. The fourth-order valence-corrected chi connectivity index (χ4v) is 1.55. The molecule has 15 heavy (non-hydrogen) atoms. The molecule has 0 aliphatic heterocycles. The van der Waals surface area contributed by atoms with Gasteiger partial charge in [0.05, 0.1) is 5.69 Å². The van der Waals surface area contributed by atoms with Crippen LogP contribution in [0.15, 0.2) is 12.1 Å². The lowest BCUT2D eigenvalue weighted by Crippen LogP contribution is -2.15. The zero-order valence-electron chi connectivity index (χ0n) is 7.30. The number of hydrogen-bond donors (Lipinski definition) is 2. The highest BCUT2D eigenvalue weighted by atomic mass is 35.5. The summed E-state index contributed by atoms with van der Waals surface area (Å²) in [7, 11) is -3.83. The molecule has 0 unspecified atom stereocenters. The average molecular weight is 257 g/mol. The number of halogens is 3. The van der Waals surface area contributed by atoms with Crippen LogP contribution in [-0.4, -0.2) is 13.6 Å². The van der Waals surface area contributed by atoms with Gasteiger partial charge in [0.1, 0.15) is 16.7 Å². The van der Waals surface area contributed by atoms with Gasteiger partial charge in [0, 0.05) is 0 Å². The molecule has 0 spiro atoms. The van der Waals surface area contributed by atoms with Gasteiger partial charge in [-0.1, -0.05) is 0 Å². The Hall–Kier alpha value is -1.08. The van der Waals surface area contributed by atoms with E-state index >= 15 is 0 Å². The van der Waals surface area contributed by atoms with Gasteiger partial charge in [-0.15, -0.1) is 11.6 Å². The minimum absolute atomic E-state index is 0.436. The van der Waals surface area contributed by atoms with Crippen molar-refractivity contribution in [2.75, 3.05) is 15.7 Å². The van der Waals surface area contributed by atoms with Gasteiger partial charge in [0.15, 0.2) is 5.82 Å². The Labute approximate surface area is 90.1 Å². The molecule has 4 nitrogen and oxygen atoms in total. The van der Waals surface area contributed by atoms with E-state index < -0.39 is 38.2 Å². The molecule has 0 fully saturated rings. The largest absolute Gasteiger partial charge is 0.394 e. The molecule has 0 heterocycles. The Morgan fingerprint density at radius 2 is 2.00 bits per heavy atom. The SMILES string of the molecule is Nc1c(F)ccc(NS(=O)(=O)CCl)c1F. The molecule has 0 saturated heterocycles. The number of sulfonamides is 1. The highest BCUT2D eigenvalue weighted by Crippen LogP contribution is 2.23. The lowest BCUT2D eigenvalue weighted by Gasteiger charge is -2.08. The maximum atomic E-state index is 13.2. The first kappa shape index (κ1) is 12.0. The smallest absolute Gasteiger partial charge is 0.246 e. The van der Waals surface area contributed by atoms with Crippen molar-refractivity contribution in [2.24, 2.45) is 0 Å². The molecule has 0 bridgehead atoms. The second-order valence-corrected chi connectivity index (χ2v) is 4.96. The number of benzene rings is 1. The van der Waals surface area contributed by atoms with Crippen molar-refractivity contribution in [3.05, 3.63) is 23.8 Å². The maximum Gasteiger partial charge on any atom is 0.246 e. The van der Waals surface area contributed by atoms with Crippen LogP contribution in [0.3, 0.4) is 0 Å². The van der Waals surface area contributed by atoms with E-state index in [4.69, 9.17) is 17.3 Å². The van der Waals surface area contributed by atoms with E-state index in [1.807, 2.05) is 4.72 Å². The fourth-order valence-electron chi connectivity index (χ4n) is 0.843. The Morgan fingerprint density at radius 3 is 2.53 bits per heavy atom. The molecule has 1 aromatic rings. The van der Waals surface area contributed by atoms with Crippen molar-refractivity contribution < 1.29 is 17.2 Å². The summed E-state index contributed by atoms with van der Waals surface area (Å²) >= 11 is 5.09. The fraction of sp³-hybridized carbons (Fsp3) is 0.143. The highest BCUT2D eigenvalue weighted by Gasteiger charge is 2.15. The first-order chi connectivity index (χ1) is 6.87. The van der Waals surface area contributed by atoms with Crippen molar-refractivity contribution in [2.45, 2.75) is 0 Å². The van der Waals surface area contributed by atoms with E-state index in [9.17, 15) is 17.2 Å². The summed E-state index contributed by atoms with van der Waals surface area (Å²) < 4.78 is 49.7. The number of nitrogen functional groups attached to an aromatic ring is 1. The summed E-state index contributed by atoms with van der Waals surface area (Å²) in [5, 5.41) is -0.732. The summed E-state index contributed by atoms with van der Waals surface area (Å²) in [5.74, 6) is -2.12. The zero-order valence-corrected chi connectivity index (χ0v) is 8.87. The van der Waals surface area contributed by atoms with Crippen molar-refractivity contribution in [1.82, 2.24) is 0 Å². The van der Waals surface area contributed by atoms with Gasteiger partial charge in [-0.2, -0.15) is 0 Å². The molecular weight excluding hydrogens is 250 g/mol. The molecule has 0 radical (unpaired) electrons. The van der Waals surface area contributed by atoms with Gasteiger partial charge >= 0.3 is 0 Å². The predicted molar refractivity (Wildman–Crippen MR) is 54.0 cm³/mol. The highest BCUT2D eigenvalue weighted by molar-refractivity contribution is 7.93. The van der Waals surface area contributed by atoms with E-state index in [2.05, 4.69) is 0 Å². The van der Waals surface area contributed by atoms with Gasteiger partial charge < -0.3 is 5.73 Å². The monoisotopic (exact) mass is 256 g/mol. The molecule has 0 aliphatic rings. The van der Waals surface area contributed by atoms with Crippen LogP contribution >= 0.6 is 11.6 Å². The number of anilines is 2. The predicted octanol–water partition coefficient (Wildman–Crippen LogP) is 1.48. The first-order valence-electron chi connectivity index (χ1n) is 3.67. The van der Waals surface area contributed by atoms with E-state index in [1.165, 1.54) is 0 Å². The molecule has 0 aromatic heterocycles. The van der Waals surface area contributed by atoms with Crippen LogP contribution in [0.4, 0.5) is 20.2 Å². The van der Waals surface area contributed by atoms with Crippen LogP contribution in [0, 0.1) is 11.6 Å². The number of hydrogen-bond acceptors (Lipinski definition) is 3. The molecule has 8 heteroatoms. The number of nitrogens with two attached hydrogens (primary N) is 1. The Balaban J connectivity index is 3.13. The van der Waals surface area contributed by atoms with Crippen LogP contribution in [0.5, 0.6) is 0 Å². The van der Waals surface area contributed by atoms with Crippen molar-refractivity contribution in [1.29, 1.82) is 0 Å². The van der Waals surface area contributed by atoms with Crippen molar-refractivity contribution >= 4 is 33.0 Å². The van der Waals surface area contributed by atoms with E-state index in [0.29, 0.717) is 0 Å². The third kappa shape index (κ3) is 2.69. The second kappa shape index (κ2) is 4.19. The molecule has 1 rings (SSSR count). The van der Waals surface area contributed by atoms with Gasteiger partial charge in [0.25, 0.3) is 0 Å². The van der Waals surface area contributed by atoms with Gasteiger partial charge in [0.2, 0.25) is 10.0 Å². The third-order valence-corrected chi connectivity index (χ3v) is 3.22. The Bertz CT molecular complexity index is 478. The van der Waals surface area contributed by atoms with Crippen molar-refractivity contribution in [3.8, 4) is 0 Å². The minimum Gasteiger partial charge on any atom is -0.394 e. The number of alkyl halides is 1. The molecular formula is C7H7ClF2N2O2S. The van der Waals surface area contributed by atoms with Crippen LogP contribution in [-0.2, 0) is 10.0 Å².